The number of nitrogens with one attached hydrogen (secondary N) is 1. The summed E-state index contributed by atoms with van der Waals surface area (Å²) in [6.07, 6.45) is 1.20. The molecule has 1 aromatic carbocycles. The van der Waals surface area contributed by atoms with E-state index >= 15 is 0 Å². The van der Waals surface area contributed by atoms with E-state index in [1.54, 1.807) is 7.11 Å². The Morgan fingerprint density at radius 1 is 1.35 bits per heavy atom. The molecule has 2 heterocycles. The van der Waals surface area contributed by atoms with Crippen LogP contribution in [0.4, 0.5) is 10.8 Å². The van der Waals surface area contributed by atoms with Crippen LogP contribution in [0.25, 0.3) is 0 Å². The summed E-state index contributed by atoms with van der Waals surface area (Å²) in [6, 6.07) is 7.65. The van der Waals surface area contributed by atoms with Gasteiger partial charge in [-0.2, -0.15) is 0 Å². The monoisotopic (exact) mass is 392 g/mol. The highest BCUT2D eigenvalue weighted by molar-refractivity contribution is 8.01. The number of hydrogen-bond donors (Lipinski definition) is 1. The van der Waals surface area contributed by atoms with Crippen molar-refractivity contribution in [1.82, 2.24) is 15.1 Å². The molecule has 1 aliphatic rings. The lowest BCUT2D eigenvalue weighted by molar-refractivity contribution is -0.130. The zero-order chi connectivity index (χ0) is 18.5. The van der Waals surface area contributed by atoms with Gasteiger partial charge >= 0.3 is 0 Å². The van der Waals surface area contributed by atoms with E-state index in [-0.39, 0.29) is 5.91 Å². The standard InChI is InChI=1S/C18H24N4O2S2/c1-12-7-13(2)10-22(9-12)16(23)11-25-18-21-20-17(26-18)19-14-5-4-6-15(8-14)24-3/h4-6,8,12-13H,7,9-11H2,1-3H3,(H,19,20)/t12-,13+. The number of carbonyl (C=O) groups excluding carboxylic acids is 1. The molecule has 3 rings (SSSR count). The first kappa shape index (κ1) is 19.0. The van der Waals surface area contributed by atoms with Gasteiger partial charge in [-0.05, 0) is 30.4 Å². The quantitative estimate of drug-likeness (QED) is 0.753. The summed E-state index contributed by atoms with van der Waals surface area (Å²) in [5.41, 5.74) is 0.893. The maximum absolute atomic E-state index is 12.5. The number of rotatable bonds is 6. The zero-order valence-electron chi connectivity index (χ0n) is 15.3. The second-order valence-electron chi connectivity index (χ2n) is 6.76. The zero-order valence-corrected chi connectivity index (χ0v) is 16.9. The maximum atomic E-state index is 12.5. The fourth-order valence-electron chi connectivity index (χ4n) is 3.22. The van der Waals surface area contributed by atoms with Crippen LogP contribution < -0.4 is 10.1 Å². The molecule has 0 radical (unpaired) electrons. The summed E-state index contributed by atoms with van der Waals surface area (Å²) in [7, 11) is 1.64. The summed E-state index contributed by atoms with van der Waals surface area (Å²) in [6.45, 7) is 6.15. The van der Waals surface area contributed by atoms with Gasteiger partial charge in [0.25, 0.3) is 0 Å². The fraction of sp³-hybridized carbons (Fsp3) is 0.500. The van der Waals surface area contributed by atoms with Gasteiger partial charge in [0.05, 0.1) is 12.9 Å². The van der Waals surface area contributed by atoms with Crippen LogP contribution in [0.1, 0.15) is 20.3 Å². The molecule has 26 heavy (non-hydrogen) atoms. The first-order valence-electron chi connectivity index (χ1n) is 8.68. The first-order chi connectivity index (χ1) is 12.5. The molecule has 0 spiro atoms. The van der Waals surface area contributed by atoms with Gasteiger partial charge in [0.1, 0.15) is 5.75 Å². The van der Waals surface area contributed by atoms with Crippen LogP contribution in [0.15, 0.2) is 28.6 Å². The number of aromatic nitrogens is 2. The number of ether oxygens (including phenoxy) is 1. The Morgan fingerprint density at radius 2 is 2.12 bits per heavy atom. The van der Waals surface area contributed by atoms with Crippen LogP contribution in [0, 0.1) is 11.8 Å². The van der Waals surface area contributed by atoms with Gasteiger partial charge in [-0.1, -0.05) is 43.0 Å². The number of nitrogens with zero attached hydrogens (tertiary/aromatic N) is 3. The highest BCUT2D eigenvalue weighted by atomic mass is 32.2. The Morgan fingerprint density at radius 3 is 2.85 bits per heavy atom. The molecule has 0 aliphatic carbocycles. The number of methoxy groups -OCH3 is 1. The number of carbonyl (C=O) groups is 1. The topological polar surface area (TPSA) is 67.3 Å². The van der Waals surface area contributed by atoms with E-state index in [1.165, 1.54) is 29.5 Å². The summed E-state index contributed by atoms with van der Waals surface area (Å²) < 4.78 is 6.01. The highest BCUT2D eigenvalue weighted by Crippen LogP contribution is 2.29. The molecular formula is C18H24N4O2S2. The van der Waals surface area contributed by atoms with E-state index in [0.717, 1.165) is 28.9 Å². The number of anilines is 2. The molecule has 1 aromatic heterocycles. The third-order valence-corrected chi connectivity index (χ3v) is 6.22. The number of hydrogen-bond acceptors (Lipinski definition) is 7. The van der Waals surface area contributed by atoms with Crippen molar-refractivity contribution >= 4 is 39.8 Å². The van der Waals surface area contributed by atoms with Crippen molar-refractivity contribution in [2.24, 2.45) is 11.8 Å². The largest absolute Gasteiger partial charge is 0.497 e. The van der Waals surface area contributed by atoms with Crippen LogP contribution in [-0.4, -0.2) is 47.0 Å². The molecule has 140 valence electrons. The van der Waals surface area contributed by atoms with E-state index < -0.39 is 0 Å². The Balaban J connectivity index is 1.52. The van der Waals surface area contributed by atoms with E-state index in [2.05, 4.69) is 29.4 Å². The van der Waals surface area contributed by atoms with E-state index in [1.807, 2.05) is 29.2 Å². The van der Waals surface area contributed by atoms with Gasteiger partial charge in [0.15, 0.2) is 4.34 Å². The minimum absolute atomic E-state index is 0.186. The van der Waals surface area contributed by atoms with Crippen molar-refractivity contribution in [3.63, 3.8) is 0 Å². The van der Waals surface area contributed by atoms with Crippen LogP contribution in [0.2, 0.25) is 0 Å². The number of thioether (sulfide) groups is 1. The number of likely N-dealkylation sites (tertiary alicyclic amines) is 1. The lowest BCUT2D eigenvalue weighted by atomic mass is 9.92. The predicted molar refractivity (Wildman–Crippen MR) is 106 cm³/mol. The second kappa shape index (κ2) is 8.73. The van der Waals surface area contributed by atoms with Crippen molar-refractivity contribution in [2.75, 3.05) is 31.3 Å². The lowest BCUT2D eigenvalue weighted by Crippen LogP contribution is -2.43. The summed E-state index contributed by atoms with van der Waals surface area (Å²) in [5.74, 6) is 2.53. The average Bonchev–Trinajstić information content (AvgIpc) is 3.06. The van der Waals surface area contributed by atoms with Crippen LogP contribution >= 0.6 is 23.1 Å². The van der Waals surface area contributed by atoms with Crippen molar-refractivity contribution in [3.8, 4) is 5.75 Å². The summed E-state index contributed by atoms with van der Waals surface area (Å²) >= 11 is 2.90. The van der Waals surface area contributed by atoms with Crippen molar-refractivity contribution < 1.29 is 9.53 Å². The van der Waals surface area contributed by atoms with Crippen molar-refractivity contribution in [3.05, 3.63) is 24.3 Å². The third kappa shape index (κ3) is 5.11. The fourth-order valence-corrected chi connectivity index (χ4v) is 4.90. The van der Waals surface area contributed by atoms with Gasteiger partial charge in [0, 0.05) is 24.8 Å². The smallest absolute Gasteiger partial charge is 0.233 e. The number of piperidine rings is 1. The second-order valence-corrected chi connectivity index (χ2v) is 8.96. The van der Waals surface area contributed by atoms with Gasteiger partial charge < -0.3 is 15.0 Å². The van der Waals surface area contributed by atoms with E-state index in [0.29, 0.717) is 22.7 Å². The van der Waals surface area contributed by atoms with Crippen molar-refractivity contribution in [1.29, 1.82) is 0 Å². The molecule has 2 aromatic rings. The number of benzene rings is 1. The third-order valence-electron chi connectivity index (χ3n) is 4.27. The van der Waals surface area contributed by atoms with Crippen LogP contribution in [0.5, 0.6) is 5.75 Å². The molecule has 2 atom stereocenters. The Labute approximate surface area is 162 Å². The van der Waals surface area contributed by atoms with Gasteiger partial charge in [-0.25, -0.2) is 0 Å². The number of amides is 1. The van der Waals surface area contributed by atoms with E-state index in [9.17, 15) is 4.79 Å². The SMILES string of the molecule is COc1cccc(Nc2nnc(SCC(=O)N3C[C@H](C)C[C@H](C)C3)s2)c1. The van der Waals surface area contributed by atoms with Gasteiger partial charge in [-0.15, -0.1) is 10.2 Å². The minimum atomic E-state index is 0.186. The molecule has 0 saturated carbocycles. The average molecular weight is 393 g/mol. The van der Waals surface area contributed by atoms with Crippen LogP contribution in [0.3, 0.4) is 0 Å². The lowest BCUT2D eigenvalue weighted by Gasteiger charge is -2.34. The Hall–Kier alpha value is -1.80. The molecular weight excluding hydrogens is 368 g/mol. The predicted octanol–water partition coefficient (Wildman–Crippen LogP) is 3.89. The summed E-state index contributed by atoms with van der Waals surface area (Å²) in [4.78, 5) is 14.5. The summed E-state index contributed by atoms with van der Waals surface area (Å²) in [5, 5.41) is 12.2. The Bertz CT molecular complexity index is 742. The molecule has 6 nitrogen and oxygen atoms in total. The molecule has 1 N–H and O–H groups in total. The highest BCUT2D eigenvalue weighted by Gasteiger charge is 2.25. The van der Waals surface area contributed by atoms with Crippen LogP contribution in [-0.2, 0) is 4.79 Å². The van der Waals surface area contributed by atoms with Gasteiger partial charge in [-0.3, -0.25) is 4.79 Å². The minimum Gasteiger partial charge on any atom is -0.497 e. The van der Waals surface area contributed by atoms with Crippen molar-refractivity contribution in [2.45, 2.75) is 24.6 Å². The van der Waals surface area contributed by atoms with Gasteiger partial charge in [0.2, 0.25) is 11.0 Å². The molecule has 1 amide bonds. The molecule has 0 bridgehead atoms. The molecule has 8 heteroatoms. The normalized spacial score (nSPS) is 20.0. The molecule has 0 unspecified atom stereocenters. The molecule has 1 fully saturated rings. The molecule has 1 saturated heterocycles. The maximum Gasteiger partial charge on any atom is 0.233 e. The molecule has 1 aliphatic heterocycles. The first-order valence-corrected chi connectivity index (χ1v) is 10.5. The van der Waals surface area contributed by atoms with E-state index in [4.69, 9.17) is 4.74 Å². The Kier molecular flexibility index (Phi) is 6.37.